The molecule has 0 saturated carbocycles. The second-order valence-electron chi connectivity index (χ2n) is 3.51. The van der Waals surface area contributed by atoms with Crippen molar-refractivity contribution in [2.75, 3.05) is 0 Å². The van der Waals surface area contributed by atoms with Crippen molar-refractivity contribution >= 4 is 5.97 Å². The zero-order valence-corrected chi connectivity index (χ0v) is 9.37. The molecule has 0 spiro atoms. The molecule has 3 heteroatoms. The molecular weight excluding hydrogens is 192 g/mol. The van der Waals surface area contributed by atoms with E-state index in [0.29, 0.717) is 12.2 Å². The molecular formula is C12H16O3. The van der Waals surface area contributed by atoms with E-state index in [0.717, 1.165) is 17.5 Å². The highest BCUT2D eigenvalue weighted by Crippen LogP contribution is 2.22. The fourth-order valence-electron chi connectivity index (χ4n) is 1.26. The summed E-state index contributed by atoms with van der Waals surface area (Å²) in [4.78, 5) is 20.8. The first kappa shape index (κ1) is 11.6. The van der Waals surface area contributed by atoms with Crippen LogP contribution in [0, 0.1) is 13.8 Å². The predicted molar refractivity (Wildman–Crippen MR) is 57.5 cm³/mol. The van der Waals surface area contributed by atoms with E-state index in [-0.39, 0.29) is 5.97 Å². The lowest BCUT2D eigenvalue weighted by Crippen LogP contribution is -2.08. The third kappa shape index (κ3) is 3.27. The lowest BCUT2D eigenvalue weighted by atomic mass is 10.1. The Morgan fingerprint density at radius 3 is 2.40 bits per heavy atom. The summed E-state index contributed by atoms with van der Waals surface area (Å²) in [5.41, 5.74) is 1.92. The van der Waals surface area contributed by atoms with Gasteiger partial charge in [-0.15, -0.1) is 0 Å². The lowest BCUT2D eigenvalue weighted by Gasteiger charge is -2.08. The number of aryl methyl sites for hydroxylation is 2. The van der Waals surface area contributed by atoms with Crippen LogP contribution in [0.5, 0.6) is 5.75 Å². The van der Waals surface area contributed by atoms with Crippen molar-refractivity contribution in [1.82, 2.24) is 0 Å². The molecule has 0 heterocycles. The highest BCUT2D eigenvalue weighted by atomic mass is 17.2. The smallest absolute Gasteiger partial charge is 0.286 e. The molecule has 0 aliphatic heterocycles. The van der Waals surface area contributed by atoms with Crippen molar-refractivity contribution in [2.24, 2.45) is 0 Å². The van der Waals surface area contributed by atoms with Gasteiger partial charge in [0.15, 0.2) is 5.75 Å². The van der Waals surface area contributed by atoms with E-state index in [1.165, 1.54) is 0 Å². The number of carbonyl (C=O) groups excluding carboxylic acids is 1. The highest BCUT2D eigenvalue weighted by molar-refractivity contribution is 5.68. The molecule has 0 atom stereocenters. The molecule has 0 radical (unpaired) electrons. The van der Waals surface area contributed by atoms with Crippen LogP contribution < -0.4 is 4.89 Å². The first-order valence-corrected chi connectivity index (χ1v) is 5.08. The fourth-order valence-corrected chi connectivity index (χ4v) is 1.26. The molecule has 82 valence electrons. The standard InChI is InChI=1S/C12H16O3/c1-4-6-11(13)14-15-12-9(2)7-5-8-10(12)3/h5,7-8H,4,6H2,1-3H3. The summed E-state index contributed by atoms with van der Waals surface area (Å²) < 4.78 is 0. The van der Waals surface area contributed by atoms with Crippen LogP contribution in [0.2, 0.25) is 0 Å². The first-order chi connectivity index (χ1) is 7.15. The lowest BCUT2D eigenvalue weighted by molar-refractivity contribution is -0.214. The number of benzene rings is 1. The van der Waals surface area contributed by atoms with Gasteiger partial charge in [-0.05, 0) is 31.4 Å². The molecule has 1 aromatic rings. The zero-order chi connectivity index (χ0) is 11.3. The van der Waals surface area contributed by atoms with Crippen molar-refractivity contribution in [3.63, 3.8) is 0 Å². The Labute approximate surface area is 89.9 Å². The van der Waals surface area contributed by atoms with Gasteiger partial charge in [0.1, 0.15) is 0 Å². The van der Waals surface area contributed by atoms with E-state index in [9.17, 15) is 4.79 Å². The molecule has 0 bridgehead atoms. The normalized spacial score (nSPS) is 9.80. The van der Waals surface area contributed by atoms with E-state index in [2.05, 4.69) is 0 Å². The summed E-state index contributed by atoms with van der Waals surface area (Å²) in [6.07, 6.45) is 1.14. The quantitative estimate of drug-likeness (QED) is 0.563. The van der Waals surface area contributed by atoms with Gasteiger partial charge in [-0.25, -0.2) is 4.79 Å². The van der Waals surface area contributed by atoms with Crippen LogP contribution in [-0.2, 0) is 9.68 Å². The van der Waals surface area contributed by atoms with Crippen LogP contribution >= 0.6 is 0 Å². The topological polar surface area (TPSA) is 35.5 Å². The summed E-state index contributed by atoms with van der Waals surface area (Å²) in [6.45, 7) is 5.74. The Bertz CT molecular complexity index is 324. The maximum atomic E-state index is 11.1. The molecule has 1 rings (SSSR count). The van der Waals surface area contributed by atoms with E-state index in [1.807, 2.05) is 39.0 Å². The van der Waals surface area contributed by atoms with Crippen LogP contribution in [0.1, 0.15) is 30.9 Å². The number of rotatable bonds is 4. The number of para-hydroxylation sites is 1. The zero-order valence-electron chi connectivity index (χ0n) is 9.37. The van der Waals surface area contributed by atoms with Crippen LogP contribution in [0.4, 0.5) is 0 Å². The maximum Gasteiger partial charge on any atom is 0.355 e. The van der Waals surface area contributed by atoms with Crippen molar-refractivity contribution in [1.29, 1.82) is 0 Å². The summed E-state index contributed by atoms with van der Waals surface area (Å²) in [5.74, 6) is 0.294. The predicted octanol–water partition coefficient (Wildman–Crippen LogP) is 2.94. The van der Waals surface area contributed by atoms with Gasteiger partial charge in [-0.2, -0.15) is 0 Å². The van der Waals surface area contributed by atoms with Gasteiger partial charge >= 0.3 is 5.97 Å². The SMILES string of the molecule is CCCC(=O)OOc1c(C)cccc1C. The molecule has 0 aliphatic rings. The number of hydrogen-bond donors (Lipinski definition) is 0. The van der Waals surface area contributed by atoms with Crippen molar-refractivity contribution in [3.8, 4) is 5.75 Å². The molecule has 0 aromatic heterocycles. The van der Waals surface area contributed by atoms with E-state index in [4.69, 9.17) is 9.78 Å². The maximum absolute atomic E-state index is 11.1. The molecule has 1 aromatic carbocycles. The van der Waals surface area contributed by atoms with Crippen LogP contribution in [0.25, 0.3) is 0 Å². The van der Waals surface area contributed by atoms with E-state index >= 15 is 0 Å². The summed E-state index contributed by atoms with van der Waals surface area (Å²) >= 11 is 0. The minimum atomic E-state index is -0.333. The van der Waals surface area contributed by atoms with Gasteiger partial charge in [0.05, 0.1) is 0 Å². The van der Waals surface area contributed by atoms with Crippen LogP contribution in [0.15, 0.2) is 18.2 Å². The van der Waals surface area contributed by atoms with Crippen molar-refractivity contribution in [2.45, 2.75) is 33.6 Å². The monoisotopic (exact) mass is 208 g/mol. The minimum absolute atomic E-state index is 0.333. The molecule has 15 heavy (non-hydrogen) atoms. The average molecular weight is 208 g/mol. The summed E-state index contributed by atoms with van der Waals surface area (Å²) in [5, 5.41) is 0. The van der Waals surface area contributed by atoms with E-state index < -0.39 is 0 Å². The summed E-state index contributed by atoms with van der Waals surface area (Å²) in [6, 6.07) is 5.76. The number of hydrogen-bond acceptors (Lipinski definition) is 3. The van der Waals surface area contributed by atoms with Gasteiger partial charge in [0, 0.05) is 6.42 Å². The molecule has 0 unspecified atom stereocenters. The van der Waals surface area contributed by atoms with Gasteiger partial charge in [0.25, 0.3) is 0 Å². The molecule has 0 saturated heterocycles. The van der Waals surface area contributed by atoms with Crippen molar-refractivity contribution in [3.05, 3.63) is 29.3 Å². The Kier molecular flexibility index (Phi) is 4.16. The second-order valence-corrected chi connectivity index (χ2v) is 3.51. The fraction of sp³-hybridized carbons (Fsp3) is 0.417. The Hall–Kier alpha value is -1.51. The second kappa shape index (κ2) is 5.39. The summed E-state index contributed by atoms with van der Waals surface area (Å²) in [7, 11) is 0. The minimum Gasteiger partial charge on any atom is -0.286 e. The van der Waals surface area contributed by atoms with E-state index in [1.54, 1.807) is 0 Å². The number of carbonyl (C=O) groups is 1. The Balaban J connectivity index is 2.61. The first-order valence-electron chi connectivity index (χ1n) is 5.08. The molecule has 0 N–H and O–H groups in total. The third-order valence-electron chi connectivity index (χ3n) is 2.08. The third-order valence-corrected chi connectivity index (χ3v) is 2.08. The van der Waals surface area contributed by atoms with Gasteiger partial charge in [-0.1, -0.05) is 25.1 Å². The van der Waals surface area contributed by atoms with Gasteiger partial charge in [0.2, 0.25) is 0 Å². The van der Waals surface area contributed by atoms with Crippen molar-refractivity contribution < 1.29 is 14.6 Å². The largest absolute Gasteiger partial charge is 0.355 e. The molecule has 3 nitrogen and oxygen atoms in total. The molecule has 0 amide bonds. The van der Waals surface area contributed by atoms with Gasteiger partial charge in [-0.3, -0.25) is 9.78 Å². The Morgan fingerprint density at radius 1 is 1.27 bits per heavy atom. The van der Waals surface area contributed by atoms with Crippen LogP contribution in [-0.4, -0.2) is 5.97 Å². The molecule has 0 aliphatic carbocycles. The van der Waals surface area contributed by atoms with Gasteiger partial charge < -0.3 is 0 Å². The van der Waals surface area contributed by atoms with Crippen LogP contribution in [0.3, 0.4) is 0 Å². The highest BCUT2D eigenvalue weighted by Gasteiger charge is 2.07. The molecule has 0 fully saturated rings. The average Bonchev–Trinajstić information content (AvgIpc) is 2.17. The Morgan fingerprint density at radius 2 is 1.87 bits per heavy atom.